The number of sulfonamides is 1. The van der Waals surface area contributed by atoms with Gasteiger partial charge in [-0.05, 0) is 37.1 Å². The zero-order valence-electron chi connectivity index (χ0n) is 11.7. The summed E-state index contributed by atoms with van der Waals surface area (Å²) in [6.07, 6.45) is 0.847. The number of nitrogens with one attached hydrogen (secondary N) is 2. The van der Waals surface area contributed by atoms with Crippen molar-refractivity contribution in [1.82, 2.24) is 10.3 Å². The van der Waals surface area contributed by atoms with Gasteiger partial charge >= 0.3 is 0 Å². The van der Waals surface area contributed by atoms with Crippen LogP contribution in [-0.4, -0.2) is 14.3 Å². The molecule has 2 rings (SSSR count). The highest BCUT2D eigenvalue weighted by molar-refractivity contribution is 7.89. The molecule has 0 saturated carbocycles. The SMILES string of the molecule is CCc1sc(C(=O)NNS(=O)(=O)c2ccccc2)cc1C. The van der Waals surface area contributed by atoms with Gasteiger partial charge in [-0.2, -0.15) is 0 Å². The van der Waals surface area contributed by atoms with Crippen LogP contribution in [-0.2, 0) is 16.4 Å². The molecule has 0 aliphatic heterocycles. The number of carbonyl (C=O) groups excluding carboxylic acids is 1. The molecule has 0 saturated heterocycles. The maximum Gasteiger partial charge on any atom is 0.276 e. The van der Waals surface area contributed by atoms with Gasteiger partial charge in [0.2, 0.25) is 0 Å². The maximum atomic E-state index is 12.0. The lowest BCUT2D eigenvalue weighted by atomic mass is 10.2. The Balaban J connectivity index is 2.07. The van der Waals surface area contributed by atoms with Gasteiger partial charge in [0.05, 0.1) is 9.77 Å². The van der Waals surface area contributed by atoms with E-state index in [-0.39, 0.29) is 4.90 Å². The Morgan fingerprint density at radius 1 is 1.24 bits per heavy atom. The van der Waals surface area contributed by atoms with Gasteiger partial charge < -0.3 is 0 Å². The number of rotatable bonds is 5. The van der Waals surface area contributed by atoms with Crippen molar-refractivity contribution in [3.8, 4) is 0 Å². The molecule has 0 aliphatic carbocycles. The van der Waals surface area contributed by atoms with Crippen LogP contribution in [0, 0.1) is 6.92 Å². The molecule has 1 amide bonds. The van der Waals surface area contributed by atoms with E-state index in [4.69, 9.17) is 0 Å². The Kier molecular flexibility index (Phi) is 4.76. The molecule has 0 radical (unpaired) electrons. The molecule has 2 aromatic rings. The molecule has 7 heteroatoms. The fourth-order valence-corrected chi connectivity index (χ4v) is 3.69. The predicted octanol–water partition coefficient (Wildman–Crippen LogP) is 2.24. The van der Waals surface area contributed by atoms with E-state index in [2.05, 4.69) is 10.3 Å². The minimum Gasteiger partial charge on any atom is -0.273 e. The summed E-state index contributed by atoms with van der Waals surface area (Å²) in [6, 6.07) is 9.63. The molecular weight excluding hydrogens is 308 g/mol. The molecule has 0 bridgehead atoms. The number of carbonyl (C=O) groups is 1. The van der Waals surface area contributed by atoms with Crippen molar-refractivity contribution >= 4 is 27.3 Å². The molecule has 0 aliphatic rings. The summed E-state index contributed by atoms with van der Waals surface area (Å²) in [6.45, 7) is 3.94. The van der Waals surface area contributed by atoms with Gasteiger partial charge in [0.1, 0.15) is 0 Å². The fraction of sp³-hybridized carbons (Fsp3) is 0.214. The highest BCUT2D eigenvalue weighted by Gasteiger charge is 2.16. The molecule has 0 unspecified atom stereocenters. The third-order valence-corrected chi connectivity index (χ3v) is 5.56. The molecular formula is C14H16N2O3S2. The van der Waals surface area contributed by atoms with Crippen molar-refractivity contribution < 1.29 is 13.2 Å². The van der Waals surface area contributed by atoms with Crippen LogP contribution in [0.4, 0.5) is 0 Å². The zero-order chi connectivity index (χ0) is 15.5. The van der Waals surface area contributed by atoms with Gasteiger partial charge in [-0.25, -0.2) is 8.42 Å². The molecule has 1 aromatic heterocycles. The van der Waals surface area contributed by atoms with Crippen LogP contribution in [0.25, 0.3) is 0 Å². The van der Waals surface area contributed by atoms with Crippen molar-refractivity contribution in [2.75, 3.05) is 0 Å². The smallest absolute Gasteiger partial charge is 0.273 e. The standard InChI is InChI=1S/C14H16N2O3S2/c1-3-12-10(2)9-13(20-12)14(17)15-16-21(18,19)11-7-5-4-6-8-11/h4-9,16H,3H2,1-2H3,(H,15,17). The lowest BCUT2D eigenvalue weighted by Gasteiger charge is -2.07. The number of hydrazine groups is 1. The van der Waals surface area contributed by atoms with E-state index in [1.807, 2.05) is 13.8 Å². The quantitative estimate of drug-likeness (QED) is 0.828. The summed E-state index contributed by atoms with van der Waals surface area (Å²) in [5.41, 5.74) is 3.28. The molecule has 21 heavy (non-hydrogen) atoms. The molecule has 0 spiro atoms. The van der Waals surface area contributed by atoms with E-state index >= 15 is 0 Å². The van der Waals surface area contributed by atoms with Crippen LogP contribution in [0.3, 0.4) is 0 Å². The normalized spacial score (nSPS) is 11.3. The molecule has 1 heterocycles. The predicted molar refractivity (Wildman–Crippen MR) is 82.7 cm³/mol. The average Bonchev–Trinajstić information content (AvgIpc) is 2.87. The van der Waals surface area contributed by atoms with Crippen LogP contribution >= 0.6 is 11.3 Å². The fourth-order valence-electron chi connectivity index (χ4n) is 1.82. The van der Waals surface area contributed by atoms with Crippen molar-refractivity contribution in [3.05, 3.63) is 51.7 Å². The van der Waals surface area contributed by atoms with E-state index in [9.17, 15) is 13.2 Å². The number of amides is 1. The number of benzene rings is 1. The van der Waals surface area contributed by atoms with Gasteiger partial charge in [0, 0.05) is 4.88 Å². The van der Waals surface area contributed by atoms with E-state index in [0.717, 1.165) is 16.9 Å². The summed E-state index contributed by atoms with van der Waals surface area (Å²) >= 11 is 1.37. The van der Waals surface area contributed by atoms with Gasteiger partial charge in [-0.15, -0.1) is 16.2 Å². The van der Waals surface area contributed by atoms with Gasteiger partial charge in [0.15, 0.2) is 0 Å². The summed E-state index contributed by atoms with van der Waals surface area (Å²) in [7, 11) is -3.75. The molecule has 0 fully saturated rings. The van der Waals surface area contributed by atoms with E-state index in [0.29, 0.717) is 4.88 Å². The van der Waals surface area contributed by atoms with Crippen molar-refractivity contribution in [1.29, 1.82) is 0 Å². The number of aryl methyl sites for hydroxylation is 2. The van der Waals surface area contributed by atoms with Crippen molar-refractivity contribution in [3.63, 3.8) is 0 Å². The average molecular weight is 324 g/mol. The van der Waals surface area contributed by atoms with Gasteiger partial charge in [-0.1, -0.05) is 25.1 Å². The molecule has 1 aromatic carbocycles. The van der Waals surface area contributed by atoms with Crippen molar-refractivity contribution in [2.24, 2.45) is 0 Å². The van der Waals surface area contributed by atoms with Gasteiger partial charge in [0.25, 0.3) is 15.9 Å². The monoisotopic (exact) mass is 324 g/mol. The first-order valence-electron chi connectivity index (χ1n) is 6.40. The zero-order valence-corrected chi connectivity index (χ0v) is 13.3. The Labute approximate surface area is 128 Å². The first kappa shape index (κ1) is 15.7. The minimum absolute atomic E-state index is 0.0990. The van der Waals surface area contributed by atoms with E-state index in [1.165, 1.54) is 23.5 Å². The highest BCUT2D eigenvalue weighted by Crippen LogP contribution is 2.22. The molecule has 5 nitrogen and oxygen atoms in total. The van der Waals surface area contributed by atoms with Crippen LogP contribution < -0.4 is 10.3 Å². The lowest BCUT2D eigenvalue weighted by Crippen LogP contribution is -2.41. The second-order valence-electron chi connectivity index (χ2n) is 4.44. The summed E-state index contributed by atoms with van der Waals surface area (Å²) in [5, 5.41) is 0. The highest BCUT2D eigenvalue weighted by atomic mass is 32.2. The third-order valence-electron chi connectivity index (χ3n) is 2.92. The summed E-state index contributed by atoms with van der Waals surface area (Å²) < 4.78 is 23.9. The first-order chi connectivity index (χ1) is 9.94. The molecule has 112 valence electrons. The first-order valence-corrected chi connectivity index (χ1v) is 8.70. The maximum absolute atomic E-state index is 12.0. The Morgan fingerprint density at radius 3 is 2.48 bits per heavy atom. The lowest BCUT2D eigenvalue weighted by molar-refractivity contribution is 0.0949. The second-order valence-corrected chi connectivity index (χ2v) is 7.26. The third kappa shape index (κ3) is 3.69. The Hall–Kier alpha value is -1.70. The molecule has 2 N–H and O–H groups in total. The van der Waals surface area contributed by atoms with Crippen LogP contribution in [0.5, 0.6) is 0 Å². The van der Waals surface area contributed by atoms with Crippen LogP contribution in [0.15, 0.2) is 41.3 Å². The van der Waals surface area contributed by atoms with E-state index in [1.54, 1.807) is 24.3 Å². The van der Waals surface area contributed by atoms with Crippen LogP contribution in [0.1, 0.15) is 27.0 Å². The minimum atomic E-state index is -3.75. The number of hydrogen-bond acceptors (Lipinski definition) is 4. The summed E-state index contributed by atoms with van der Waals surface area (Å²) in [5.74, 6) is -0.456. The van der Waals surface area contributed by atoms with E-state index < -0.39 is 15.9 Å². The number of hydrogen-bond donors (Lipinski definition) is 2. The Morgan fingerprint density at radius 2 is 1.90 bits per heavy atom. The van der Waals surface area contributed by atoms with Crippen LogP contribution in [0.2, 0.25) is 0 Å². The molecule has 0 atom stereocenters. The second kappa shape index (κ2) is 6.38. The topological polar surface area (TPSA) is 75.3 Å². The number of thiophene rings is 1. The Bertz CT molecular complexity index is 737. The van der Waals surface area contributed by atoms with Crippen molar-refractivity contribution in [2.45, 2.75) is 25.2 Å². The largest absolute Gasteiger partial charge is 0.276 e. The van der Waals surface area contributed by atoms with Gasteiger partial charge in [-0.3, -0.25) is 10.2 Å². The summed E-state index contributed by atoms with van der Waals surface area (Å²) in [4.78, 5) is 15.8.